The normalized spacial score (nSPS) is 37.0. The van der Waals surface area contributed by atoms with Crippen LogP contribution in [0.25, 0.3) is 0 Å². The fraction of sp³-hybridized carbons (Fsp3) is 0.733. The topological polar surface area (TPSA) is 114 Å². The van der Waals surface area contributed by atoms with Gasteiger partial charge in [-0.3, -0.25) is 0 Å². The molecule has 10 heteroatoms. The number of carboxylic acids is 1. The number of benzene rings is 1. The molecule has 4 heterocycles. The molecule has 2 bridgehead atoms. The van der Waals surface area contributed by atoms with Crippen molar-refractivity contribution >= 4 is 11.7 Å². The zero-order valence-corrected chi connectivity index (χ0v) is 24.0. The molecule has 4 saturated heterocycles. The van der Waals surface area contributed by atoms with Gasteiger partial charge < -0.3 is 28.9 Å². The van der Waals surface area contributed by atoms with Gasteiger partial charge in [0.15, 0.2) is 18.2 Å². The summed E-state index contributed by atoms with van der Waals surface area (Å²) < 4.78 is 25.1. The summed E-state index contributed by atoms with van der Waals surface area (Å²) in [7, 11) is 0. The maximum Gasteiger partial charge on any atom is 0.344 e. The molecule has 1 aromatic rings. The first kappa shape index (κ1) is 29.3. The zero-order chi connectivity index (χ0) is 28.3. The van der Waals surface area contributed by atoms with Gasteiger partial charge in [-0.1, -0.05) is 31.1 Å². The number of aryl methyl sites for hydroxylation is 1. The number of hydrogen-bond acceptors (Lipinski definition) is 9. The molecule has 8 atom stereocenters. The smallest absolute Gasteiger partial charge is 0.344 e. The van der Waals surface area contributed by atoms with Gasteiger partial charge in [-0.2, -0.15) is 0 Å². The summed E-state index contributed by atoms with van der Waals surface area (Å²) in [5.41, 5.74) is 1.32. The first-order valence-corrected chi connectivity index (χ1v) is 14.6. The van der Waals surface area contributed by atoms with Crippen molar-refractivity contribution in [3.8, 4) is 5.75 Å². The summed E-state index contributed by atoms with van der Waals surface area (Å²) in [6, 6.07) is 7.96. The summed E-state index contributed by atoms with van der Waals surface area (Å²) in [6.45, 7) is 8.90. The minimum absolute atomic E-state index is 0.159. The standard InChI is InChI=1S/C30H43NO9/c1-19-6-13-25-21(3)27(37-28-30(25)24(19)14-15-29(4,38-28)39-40-30)35-17-5-16-34-23-11-9-22(10-12-23)8-7-20(2)31-36-18-26(32)33/h9-12,19,21,24-25,27-28H,5-8,13-18H2,1-4H3,(H,32,33)/b31-20+/t19-,21-,24?,25+,27+,28-,29-,30-/m1/s1. The van der Waals surface area contributed by atoms with Crippen LogP contribution in [0.5, 0.6) is 5.75 Å². The first-order chi connectivity index (χ1) is 19.2. The third kappa shape index (κ3) is 6.16. The second kappa shape index (κ2) is 12.3. The third-order valence-corrected chi connectivity index (χ3v) is 9.04. The SMILES string of the molecule is C/C(CCc1ccc(OCCCO[C@H]2O[C@@H]3O[C@@]4(C)CCC5[C@H](C)CC[C@@H]([C@H]2C)[C@]53OO4)cc1)=N\OCC(=O)O. The molecule has 6 rings (SSSR count). The van der Waals surface area contributed by atoms with E-state index in [1.807, 2.05) is 38.1 Å². The predicted octanol–water partition coefficient (Wildman–Crippen LogP) is 5.09. The van der Waals surface area contributed by atoms with Crippen LogP contribution >= 0.6 is 0 Å². The van der Waals surface area contributed by atoms with E-state index < -0.39 is 30.3 Å². The van der Waals surface area contributed by atoms with E-state index >= 15 is 0 Å². The number of hydrogen-bond donors (Lipinski definition) is 1. The number of oxime groups is 1. The van der Waals surface area contributed by atoms with Crippen LogP contribution in [0.3, 0.4) is 0 Å². The molecule has 4 aliphatic heterocycles. The summed E-state index contributed by atoms with van der Waals surface area (Å²) in [5.74, 6) is 0.274. The van der Waals surface area contributed by atoms with Gasteiger partial charge in [0.2, 0.25) is 12.4 Å². The molecule has 1 aliphatic carbocycles. The Hall–Kier alpha value is -2.24. The Balaban J connectivity index is 1.06. The van der Waals surface area contributed by atoms with Crippen molar-refractivity contribution in [2.24, 2.45) is 28.8 Å². The highest BCUT2D eigenvalue weighted by molar-refractivity contribution is 5.81. The van der Waals surface area contributed by atoms with Gasteiger partial charge >= 0.3 is 5.97 Å². The number of nitrogens with zero attached hydrogens (tertiary/aromatic N) is 1. The molecule has 222 valence electrons. The number of carboxylic acid groups (broad SMARTS) is 1. The summed E-state index contributed by atoms with van der Waals surface area (Å²) >= 11 is 0. The van der Waals surface area contributed by atoms with E-state index in [1.54, 1.807) is 0 Å². The monoisotopic (exact) mass is 561 g/mol. The van der Waals surface area contributed by atoms with Crippen LogP contribution in [-0.2, 0) is 40.0 Å². The Labute approximate surface area is 236 Å². The molecule has 40 heavy (non-hydrogen) atoms. The van der Waals surface area contributed by atoms with E-state index in [4.69, 9.17) is 38.7 Å². The lowest BCUT2D eigenvalue weighted by atomic mass is 9.58. The minimum Gasteiger partial charge on any atom is -0.494 e. The van der Waals surface area contributed by atoms with Crippen LogP contribution in [0.4, 0.5) is 0 Å². The molecule has 5 fully saturated rings. The van der Waals surface area contributed by atoms with E-state index in [9.17, 15) is 4.79 Å². The molecular weight excluding hydrogens is 518 g/mol. The van der Waals surface area contributed by atoms with Crippen molar-refractivity contribution in [2.75, 3.05) is 19.8 Å². The van der Waals surface area contributed by atoms with Crippen LogP contribution in [0, 0.1) is 23.7 Å². The average molecular weight is 562 g/mol. The highest BCUT2D eigenvalue weighted by Crippen LogP contribution is 2.60. The van der Waals surface area contributed by atoms with Gasteiger partial charge in [-0.25, -0.2) is 14.6 Å². The molecule has 1 N–H and O–H groups in total. The van der Waals surface area contributed by atoms with Crippen LogP contribution < -0.4 is 4.74 Å². The average Bonchev–Trinajstić information content (AvgIpc) is 3.16. The Bertz CT molecular complexity index is 1050. The van der Waals surface area contributed by atoms with E-state index in [-0.39, 0.29) is 18.1 Å². The maximum atomic E-state index is 10.5. The maximum absolute atomic E-state index is 10.5. The van der Waals surface area contributed by atoms with Crippen molar-refractivity contribution in [1.82, 2.24) is 0 Å². The molecule has 1 saturated carbocycles. The predicted molar refractivity (Wildman–Crippen MR) is 144 cm³/mol. The second-order valence-corrected chi connectivity index (χ2v) is 12.0. The van der Waals surface area contributed by atoms with E-state index in [0.29, 0.717) is 31.5 Å². The largest absolute Gasteiger partial charge is 0.494 e. The van der Waals surface area contributed by atoms with Crippen LogP contribution in [0.2, 0.25) is 0 Å². The Morgan fingerprint density at radius 3 is 2.67 bits per heavy atom. The summed E-state index contributed by atoms with van der Waals surface area (Å²) in [4.78, 5) is 27.3. The molecule has 0 amide bonds. The quantitative estimate of drug-likeness (QED) is 0.161. The van der Waals surface area contributed by atoms with Gasteiger partial charge in [0.05, 0.1) is 18.9 Å². The minimum atomic E-state index is -1.04. The lowest BCUT2D eigenvalue weighted by molar-refractivity contribution is -0.577. The van der Waals surface area contributed by atoms with E-state index in [2.05, 4.69) is 19.0 Å². The van der Waals surface area contributed by atoms with Gasteiger partial charge in [-0.05, 0) is 75.5 Å². The summed E-state index contributed by atoms with van der Waals surface area (Å²) in [5, 5.41) is 12.4. The van der Waals surface area contributed by atoms with Crippen LogP contribution in [0.1, 0.15) is 71.8 Å². The lowest BCUT2D eigenvalue weighted by Crippen LogP contribution is -2.70. The molecule has 1 aromatic carbocycles. The van der Waals surface area contributed by atoms with Crippen LogP contribution in [0.15, 0.2) is 29.4 Å². The fourth-order valence-electron chi connectivity index (χ4n) is 6.83. The lowest BCUT2D eigenvalue weighted by Gasteiger charge is -2.60. The van der Waals surface area contributed by atoms with Gasteiger partial charge in [0.1, 0.15) is 5.75 Å². The highest BCUT2D eigenvalue weighted by atomic mass is 17.3. The first-order valence-electron chi connectivity index (χ1n) is 14.6. The molecule has 1 spiro atoms. The van der Waals surface area contributed by atoms with Crippen LogP contribution in [-0.4, -0.2) is 60.6 Å². The number of rotatable bonds is 12. The Kier molecular flexibility index (Phi) is 9.01. The Morgan fingerprint density at radius 1 is 1.10 bits per heavy atom. The van der Waals surface area contributed by atoms with Gasteiger partial charge in [-0.15, -0.1) is 0 Å². The van der Waals surface area contributed by atoms with Crippen molar-refractivity contribution in [3.63, 3.8) is 0 Å². The fourth-order valence-corrected chi connectivity index (χ4v) is 6.83. The Morgan fingerprint density at radius 2 is 1.90 bits per heavy atom. The molecule has 5 aliphatic rings. The molecule has 1 unspecified atom stereocenters. The second-order valence-electron chi connectivity index (χ2n) is 12.0. The summed E-state index contributed by atoms with van der Waals surface area (Å²) in [6.07, 6.45) is 5.38. The number of aliphatic carboxylic acids is 1. The van der Waals surface area contributed by atoms with E-state index in [1.165, 1.54) is 6.42 Å². The highest BCUT2D eigenvalue weighted by Gasteiger charge is 2.69. The van der Waals surface area contributed by atoms with Crippen molar-refractivity contribution in [3.05, 3.63) is 29.8 Å². The van der Waals surface area contributed by atoms with Crippen molar-refractivity contribution in [2.45, 2.75) is 96.6 Å². The van der Waals surface area contributed by atoms with E-state index in [0.717, 1.165) is 49.1 Å². The molecule has 0 aromatic heterocycles. The van der Waals surface area contributed by atoms with Crippen molar-refractivity contribution in [1.29, 1.82) is 0 Å². The third-order valence-electron chi connectivity index (χ3n) is 9.04. The zero-order valence-electron chi connectivity index (χ0n) is 24.0. The van der Waals surface area contributed by atoms with Crippen molar-refractivity contribution < 1.29 is 43.5 Å². The molecule has 0 radical (unpaired) electrons. The van der Waals surface area contributed by atoms with Gasteiger partial charge in [0.25, 0.3) is 0 Å². The number of fused-ring (bicyclic) bond motifs is 2. The number of ether oxygens (including phenoxy) is 4. The van der Waals surface area contributed by atoms with Gasteiger partial charge in [0, 0.05) is 24.7 Å². The number of carbonyl (C=O) groups is 1. The molecule has 10 nitrogen and oxygen atoms in total. The molecular formula is C30H43NO9.